The third-order valence-electron chi connectivity index (χ3n) is 0.427. The molecule has 0 heterocycles. The molecule has 0 fully saturated rings. The number of carbonyl (C=O) groups is 3. The zero-order chi connectivity index (χ0) is 7.28. The van der Waals surface area contributed by atoms with E-state index in [9.17, 15) is 14.4 Å². The lowest BCUT2D eigenvalue weighted by Gasteiger charge is -1.94. The minimum atomic E-state index is -1.01. The second-order valence-electron chi connectivity index (χ2n) is 1.08. The van der Waals surface area contributed by atoms with Crippen molar-refractivity contribution in [2.24, 2.45) is 5.73 Å². The average Bonchev–Trinajstić information content (AvgIpc) is 1.63. The van der Waals surface area contributed by atoms with Crippen LogP contribution in [0.4, 0.5) is 9.59 Å². The van der Waals surface area contributed by atoms with E-state index in [0.717, 1.165) is 0 Å². The molecule has 4 N–H and O–H groups in total. The average molecular weight is 131 g/mol. The third kappa shape index (κ3) is 4.26. The SMILES string of the molecule is NC(=O)NC(=O)NC=O. The predicted molar refractivity (Wildman–Crippen MR) is 27.3 cm³/mol. The molecule has 6 nitrogen and oxygen atoms in total. The first-order valence-corrected chi connectivity index (χ1v) is 1.97. The summed E-state index contributed by atoms with van der Waals surface area (Å²) in [6, 6.07) is -1.94. The summed E-state index contributed by atoms with van der Waals surface area (Å²) in [6.45, 7) is 0. The molecule has 0 radical (unpaired) electrons. The van der Waals surface area contributed by atoms with Crippen molar-refractivity contribution in [1.29, 1.82) is 0 Å². The van der Waals surface area contributed by atoms with Crippen LogP contribution < -0.4 is 16.4 Å². The van der Waals surface area contributed by atoms with Crippen molar-refractivity contribution < 1.29 is 14.4 Å². The summed E-state index contributed by atoms with van der Waals surface area (Å²) in [7, 11) is 0. The normalized spacial score (nSPS) is 7.56. The number of carbonyl (C=O) groups excluding carboxylic acids is 3. The molecular formula is C3H5N3O3. The second kappa shape index (κ2) is 3.42. The zero-order valence-corrected chi connectivity index (χ0v) is 4.38. The fourth-order valence-electron chi connectivity index (χ4n) is 0.201. The van der Waals surface area contributed by atoms with E-state index in [2.05, 4.69) is 5.73 Å². The van der Waals surface area contributed by atoms with Crippen LogP contribution in [0, 0.1) is 0 Å². The smallest absolute Gasteiger partial charge is 0.329 e. The minimum absolute atomic E-state index is 0.137. The van der Waals surface area contributed by atoms with Crippen LogP contribution >= 0.6 is 0 Å². The van der Waals surface area contributed by atoms with Gasteiger partial charge in [-0.25, -0.2) is 9.59 Å². The summed E-state index contributed by atoms with van der Waals surface area (Å²) < 4.78 is 0. The fraction of sp³-hybridized carbons (Fsp3) is 0. The number of primary amides is 1. The number of nitrogens with two attached hydrogens (primary N) is 1. The fourth-order valence-corrected chi connectivity index (χ4v) is 0.201. The van der Waals surface area contributed by atoms with Gasteiger partial charge in [-0.2, -0.15) is 0 Å². The van der Waals surface area contributed by atoms with E-state index in [4.69, 9.17) is 0 Å². The summed E-state index contributed by atoms with van der Waals surface area (Å²) in [4.78, 5) is 29.4. The Bertz CT molecular complexity index is 143. The third-order valence-corrected chi connectivity index (χ3v) is 0.427. The lowest BCUT2D eigenvalue weighted by atomic mass is 10.9. The molecule has 0 aromatic rings. The maximum atomic E-state index is 10.1. The van der Waals surface area contributed by atoms with Gasteiger partial charge in [0.1, 0.15) is 0 Å². The summed E-state index contributed by atoms with van der Waals surface area (Å²) in [5, 5.41) is 3.25. The monoisotopic (exact) mass is 131 g/mol. The van der Waals surface area contributed by atoms with Gasteiger partial charge >= 0.3 is 12.1 Å². The van der Waals surface area contributed by atoms with E-state index in [1.54, 1.807) is 10.6 Å². The van der Waals surface area contributed by atoms with Gasteiger partial charge in [0.05, 0.1) is 0 Å². The highest BCUT2D eigenvalue weighted by molar-refractivity contribution is 5.96. The molecule has 0 saturated heterocycles. The van der Waals surface area contributed by atoms with Crippen molar-refractivity contribution in [2.75, 3.05) is 0 Å². The molecule has 0 spiro atoms. The number of rotatable bonds is 1. The predicted octanol–water partition coefficient (Wildman–Crippen LogP) is -1.48. The molecule has 0 rings (SSSR count). The van der Waals surface area contributed by atoms with Crippen molar-refractivity contribution in [3.63, 3.8) is 0 Å². The van der Waals surface area contributed by atoms with Crippen molar-refractivity contribution in [2.45, 2.75) is 0 Å². The molecule has 0 atom stereocenters. The zero-order valence-electron chi connectivity index (χ0n) is 4.38. The number of amides is 5. The molecule has 0 saturated carbocycles. The Morgan fingerprint density at radius 1 is 1.44 bits per heavy atom. The van der Waals surface area contributed by atoms with Gasteiger partial charge in [0, 0.05) is 0 Å². The van der Waals surface area contributed by atoms with Crippen LogP contribution in [-0.2, 0) is 4.79 Å². The highest BCUT2D eigenvalue weighted by Crippen LogP contribution is 1.58. The summed E-state index contributed by atoms with van der Waals surface area (Å²) >= 11 is 0. The standard InChI is InChI=1S/C3H5N3O3/c4-2(8)6-3(9)5-1-7/h1H,(H4,4,5,6,7,8,9). The topological polar surface area (TPSA) is 101 Å². The highest BCUT2D eigenvalue weighted by atomic mass is 16.2. The van der Waals surface area contributed by atoms with Crippen LogP contribution in [0.2, 0.25) is 0 Å². The van der Waals surface area contributed by atoms with Crippen LogP contribution in [0.1, 0.15) is 0 Å². The van der Waals surface area contributed by atoms with Crippen molar-refractivity contribution in [3.05, 3.63) is 0 Å². The second-order valence-corrected chi connectivity index (χ2v) is 1.08. The van der Waals surface area contributed by atoms with Crippen LogP contribution in [-0.4, -0.2) is 18.5 Å². The molecule has 0 bridgehead atoms. The van der Waals surface area contributed by atoms with Crippen LogP contribution in [0.15, 0.2) is 0 Å². The van der Waals surface area contributed by atoms with Crippen LogP contribution in [0.5, 0.6) is 0 Å². The summed E-state index contributed by atoms with van der Waals surface area (Å²) in [6.07, 6.45) is 0.137. The maximum Gasteiger partial charge on any atom is 0.329 e. The van der Waals surface area contributed by atoms with Gasteiger partial charge in [-0.1, -0.05) is 0 Å². The Morgan fingerprint density at radius 2 is 2.00 bits per heavy atom. The molecule has 0 aromatic carbocycles. The van der Waals surface area contributed by atoms with Crippen molar-refractivity contribution >= 4 is 18.5 Å². The Morgan fingerprint density at radius 3 is 2.33 bits per heavy atom. The molecule has 6 heteroatoms. The van der Waals surface area contributed by atoms with E-state index in [1.807, 2.05) is 0 Å². The van der Waals surface area contributed by atoms with E-state index in [-0.39, 0.29) is 6.41 Å². The number of urea groups is 2. The van der Waals surface area contributed by atoms with Gasteiger partial charge in [0.25, 0.3) is 0 Å². The Kier molecular flexibility index (Phi) is 2.81. The molecule has 50 valence electrons. The quantitative estimate of drug-likeness (QED) is 0.378. The number of imide groups is 2. The minimum Gasteiger partial charge on any atom is -0.351 e. The van der Waals surface area contributed by atoms with Gasteiger partial charge in [-0.3, -0.25) is 15.4 Å². The largest absolute Gasteiger partial charge is 0.351 e. The van der Waals surface area contributed by atoms with E-state index in [1.165, 1.54) is 0 Å². The van der Waals surface area contributed by atoms with Gasteiger partial charge < -0.3 is 5.73 Å². The lowest BCUT2D eigenvalue weighted by molar-refractivity contribution is -0.108. The summed E-state index contributed by atoms with van der Waals surface area (Å²) in [5.41, 5.74) is 4.50. The Labute approximate surface area is 50.4 Å². The Balaban J connectivity index is 3.50. The molecule has 0 aromatic heterocycles. The molecule has 5 amide bonds. The first-order chi connectivity index (χ1) is 4.16. The first kappa shape index (κ1) is 7.41. The highest BCUT2D eigenvalue weighted by Gasteiger charge is 1.98. The molecule has 0 aliphatic heterocycles. The molecule has 9 heavy (non-hydrogen) atoms. The van der Waals surface area contributed by atoms with Gasteiger partial charge in [0.2, 0.25) is 6.41 Å². The van der Waals surface area contributed by atoms with Crippen molar-refractivity contribution in [1.82, 2.24) is 10.6 Å². The molecule has 0 aliphatic rings. The van der Waals surface area contributed by atoms with Crippen LogP contribution in [0.25, 0.3) is 0 Å². The lowest BCUT2D eigenvalue weighted by Crippen LogP contribution is -2.41. The number of hydrogen-bond donors (Lipinski definition) is 3. The van der Waals surface area contributed by atoms with Gasteiger partial charge in [0.15, 0.2) is 0 Å². The van der Waals surface area contributed by atoms with E-state index >= 15 is 0 Å². The number of nitrogens with one attached hydrogen (secondary N) is 2. The van der Waals surface area contributed by atoms with E-state index in [0.29, 0.717) is 0 Å². The van der Waals surface area contributed by atoms with Gasteiger partial charge in [-0.05, 0) is 0 Å². The Hall–Kier alpha value is -1.59. The van der Waals surface area contributed by atoms with E-state index < -0.39 is 12.1 Å². The maximum absolute atomic E-state index is 10.1. The van der Waals surface area contributed by atoms with Crippen molar-refractivity contribution in [3.8, 4) is 0 Å². The molecule has 0 unspecified atom stereocenters. The number of hydrogen-bond acceptors (Lipinski definition) is 3. The molecular weight excluding hydrogens is 126 g/mol. The summed E-state index contributed by atoms with van der Waals surface area (Å²) in [5.74, 6) is 0. The van der Waals surface area contributed by atoms with Gasteiger partial charge in [-0.15, -0.1) is 0 Å². The van der Waals surface area contributed by atoms with Crippen LogP contribution in [0.3, 0.4) is 0 Å². The first-order valence-electron chi connectivity index (χ1n) is 1.97. The molecule has 0 aliphatic carbocycles.